The first kappa shape index (κ1) is 26.8. The van der Waals surface area contributed by atoms with Crippen LogP contribution in [0.3, 0.4) is 0 Å². The molecule has 0 bridgehead atoms. The lowest BCUT2D eigenvalue weighted by atomic mass is 10.0. The number of pyridine rings is 2. The van der Waals surface area contributed by atoms with E-state index in [1.165, 1.54) is 31.7 Å². The van der Waals surface area contributed by atoms with E-state index < -0.39 is 0 Å². The Balaban J connectivity index is 1.21. The van der Waals surface area contributed by atoms with Crippen molar-refractivity contribution in [1.82, 2.24) is 29.6 Å². The van der Waals surface area contributed by atoms with E-state index in [0.29, 0.717) is 0 Å². The van der Waals surface area contributed by atoms with Gasteiger partial charge in [-0.2, -0.15) is 0 Å². The number of piperazine rings is 2. The highest BCUT2D eigenvalue weighted by molar-refractivity contribution is 5.90. The molecule has 0 unspecified atom stereocenters. The third-order valence-corrected chi connectivity index (χ3v) is 7.88. The van der Waals surface area contributed by atoms with Crippen LogP contribution in [0.2, 0.25) is 0 Å². The zero-order valence-corrected chi connectivity index (χ0v) is 23.2. The summed E-state index contributed by atoms with van der Waals surface area (Å²) in [5.41, 5.74) is 3.28. The van der Waals surface area contributed by atoms with Gasteiger partial charge in [-0.05, 0) is 51.7 Å². The molecule has 0 radical (unpaired) electrons. The first-order valence-electron chi connectivity index (χ1n) is 14.3. The first-order valence-corrected chi connectivity index (χ1v) is 14.3. The Morgan fingerprint density at radius 2 is 1.34 bits per heavy atom. The molecule has 3 aromatic rings. The summed E-state index contributed by atoms with van der Waals surface area (Å²) in [4.78, 5) is 19.7. The molecular formula is C30H44N8. The van der Waals surface area contributed by atoms with Crippen LogP contribution in [0.15, 0.2) is 48.7 Å². The van der Waals surface area contributed by atoms with Gasteiger partial charge in [0, 0.05) is 88.7 Å². The predicted octanol–water partition coefficient (Wildman–Crippen LogP) is 3.40. The molecule has 2 aliphatic heterocycles. The highest BCUT2D eigenvalue weighted by Crippen LogP contribution is 2.30. The molecule has 0 saturated carbocycles. The summed E-state index contributed by atoms with van der Waals surface area (Å²) in [6, 6.07) is 14.9. The molecule has 204 valence electrons. The number of nitrogens with zero attached hydrogens (tertiary/aromatic N) is 6. The minimum atomic E-state index is 0.900. The summed E-state index contributed by atoms with van der Waals surface area (Å²) in [5, 5.41) is 8.26. The molecule has 8 heteroatoms. The zero-order chi connectivity index (χ0) is 26.2. The zero-order valence-electron chi connectivity index (χ0n) is 23.2. The van der Waals surface area contributed by atoms with Gasteiger partial charge < -0.3 is 30.2 Å². The van der Waals surface area contributed by atoms with Crippen molar-refractivity contribution in [2.24, 2.45) is 0 Å². The van der Waals surface area contributed by atoms with E-state index in [0.717, 1.165) is 93.3 Å². The SMILES string of the molecule is CN1CCN(CCCNc2cc3nc(NCCCN4CCN(C)CC4)c(-c4ccccc4)cc3cn2)CC1. The molecule has 1 aromatic carbocycles. The highest BCUT2D eigenvalue weighted by Gasteiger charge is 2.15. The monoisotopic (exact) mass is 516 g/mol. The maximum Gasteiger partial charge on any atom is 0.134 e. The molecule has 2 N–H and O–H groups in total. The molecule has 8 nitrogen and oxygen atoms in total. The summed E-state index contributed by atoms with van der Waals surface area (Å²) in [6.45, 7) is 13.4. The van der Waals surface area contributed by atoms with E-state index >= 15 is 0 Å². The van der Waals surface area contributed by atoms with Crippen LogP contribution >= 0.6 is 0 Å². The van der Waals surface area contributed by atoms with Gasteiger partial charge >= 0.3 is 0 Å². The van der Waals surface area contributed by atoms with Crippen LogP contribution in [0, 0.1) is 0 Å². The number of aromatic nitrogens is 2. The van der Waals surface area contributed by atoms with Gasteiger partial charge in [0.1, 0.15) is 11.6 Å². The Bertz CT molecular complexity index is 1140. The summed E-state index contributed by atoms with van der Waals surface area (Å²) < 4.78 is 0. The minimum absolute atomic E-state index is 0.900. The van der Waals surface area contributed by atoms with Gasteiger partial charge in [0.05, 0.1) is 5.52 Å². The predicted molar refractivity (Wildman–Crippen MR) is 159 cm³/mol. The van der Waals surface area contributed by atoms with Gasteiger partial charge in [0.15, 0.2) is 0 Å². The molecule has 0 amide bonds. The third-order valence-electron chi connectivity index (χ3n) is 7.88. The second-order valence-corrected chi connectivity index (χ2v) is 10.9. The van der Waals surface area contributed by atoms with Gasteiger partial charge in [-0.3, -0.25) is 0 Å². The Morgan fingerprint density at radius 3 is 1.97 bits per heavy atom. The number of anilines is 2. The number of fused-ring (bicyclic) bond motifs is 1. The van der Waals surface area contributed by atoms with Gasteiger partial charge in [-0.15, -0.1) is 0 Å². The lowest BCUT2D eigenvalue weighted by Crippen LogP contribution is -2.44. The van der Waals surface area contributed by atoms with E-state index in [1.54, 1.807) is 0 Å². The van der Waals surface area contributed by atoms with Crippen molar-refractivity contribution in [2.75, 3.05) is 103 Å². The normalized spacial score (nSPS) is 18.2. The van der Waals surface area contributed by atoms with Gasteiger partial charge in [0.25, 0.3) is 0 Å². The van der Waals surface area contributed by atoms with Crippen LogP contribution in [0.4, 0.5) is 11.6 Å². The van der Waals surface area contributed by atoms with Crippen LogP contribution < -0.4 is 10.6 Å². The van der Waals surface area contributed by atoms with E-state index in [9.17, 15) is 0 Å². The molecule has 2 saturated heterocycles. The average molecular weight is 517 g/mol. The Hall–Kier alpha value is -2.78. The summed E-state index contributed by atoms with van der Waals surface area (Å²) >= 11 is 0. The molecule has 2 aromatic heterocycles. The van der Waals surface area contributed by atoms with Crippen molar-refractivity contribution in [1.29, 1.82) is 0 Å². The second-order valence-electron chi connectivity index (χ2n) is 10.9. The Morgan fingerprint density at radius 1 is 0.737 bits per heavy atom. The molecule has 5 rings (SSSR count). The molecule has 2 aliphatic rings. The highest BCUT2D eigenvalue weighted by atomic mass is 15.2. The van der Waals surface area contributed by atoms with Crippen molar-refractivity contribution >= 4 is 22.5 Å². The van der Waals surface area contributed by atoms with E-state index in [-0.39, 0.29) is 0 Å². The van der Waals surface area contributed by atoms with Crippen LogP contribution in [-0.4, -0.2) is 122 Å². The Labute approximate surface area is 228 Å². The molecule has 38 heavy (non-hydrogen) atoms. The lowest BCUT2D eigenvalue weighted by molar-refractivity contribution is 0.154. The molecular weight excluding hydrogens is 472 g/mol. The topological polar surface area (TPSA) is 62.8 Å². The van der Waals surface area contributed by atoms with E-state index in [2.05, 4.69) is 86.8 Å². The molecule has 0 atom stereocenters. The molecule has 0 aliphatic carbocycles. The lowest BCUT2D eigenvalue weighted by Gasteiger charge is -2.32. The summed E-state index contributed by atoms with van der Waals surface area (Å²) in [6.07, 6.45) is 4.17. The number of likely N-dealkylation sites (N-methyl/N-ethyl adjacent to an activating group) is 2. The summed E-state index contributed by atoms with van der Waals surface area (Å²) in [7, 11) is 4.41. The van der Waals surface area contributed by atoms with Crippen molar-refractivity contribution in [2.45, 2.75) is 12.8 Å². The second kappa shape index (κ2) is 13.3. The van der Waals surface area contributed by atoms with Crippen LogP contribution in [0.25, 0.3) is 22.0 Å². The minimum Gasteiger partial charge on any atom is -0.370 e. The standard InChI is InChI=1S/C30H44N8/c1-35-14-18-37(19-15-35)12-6-10-31-29-23-28-26(24-33-29)22-27(25-8-4-3-5-9-25)30(34-28)32-11-7-13-38-20-16-36(2)17-21-38/h3-5,8-9,22-24H,6-7,10-21H2,1-2H3,(H,31,33)(H,32,34). The largest absolute Gasteiger partial charge is 0.370 e. The number of rotatable bonds is 11. The maximum atomic E-state index is 5.09. The third kappa shape index (κ3) is 7.41. The maximum absolute atomic E-state index is 5.09. The van der Waals surface area contributed by atoms with Crippen LogP contribution in [-0.2, 0) is 0 Å². The first-order chi connectivity index (χ1) is 18.6. The van der Waals surface area contributed by atoms with E-state index in [1.807, 2.05) is 6.20 Å². The van der Waals surface area contributed by atoms with Crippen LogP contribution in [0.1, 0.15) is 12.8 Å². The number of benzene rings is 1. The van der Waals surface area contributed by atoms with Crippen molar-refractivity contribution in [3.8, 4) is 11.1 Å². The molecule has 0 spiro atoms. The number of hydrogen-bond acceptors (Lipinski definition) is 8. The Kier molecular flexibility index (Phi) is 9.41. The fraction of sp³-hybridized carbons (Fsp3) is 0.533. The van der Waals surface area contributed by atoms with E-state index in [4.69, 9.17) is 9.97 Å². The number of hydrogen-bond donors (Lipinski definition) is 2. The molecule has 2 fully saturated rings. The van der Waals surface area contributed by atoms with Crippen LogP contribution in [0.5, 0.6) is 0 Å². The fourth-order valence-corrected chi connectivity index (χ4v) is 5.31. The number of nitrogens with one attached hydrogen (secondary N) is 2. The van der Waals surface area contributed by atoms with Gasteiger partial charge in [-0.1, -0.05) is 30.3 Å². The van der Waals surface area contributed by atoms with Crippen molar-refractivity contribution in [3.05, 3.63) is 48.7 Å². The quantitative estimate of drug-likeness (QED) is 0.376. The smallest absolute Gasteiger partial charge is 0.134 e. The van der Waals surface area contributed by atoms with Gasteiger partial charge in [-0.25, -0.2) is 9.97 Å². The summed E-state index contributed by atoms with van der Waals surface area (Å²) in [5.74, 6) is 1.85. The average Bonchev–Trinajstić information content (AvgIpc) is 2.95. The van der Waals surface area contributed by atoms with Gasteiger partial charge in [0.2, 0.25) is 0 Å². The van der Waals surface area contributed by atoms with Crippen molar-refractivity contribution in [3.63, 3.8) is 0 Å². The van der Waals surface area contributed by atoms with Crippen molar-refractivity contribution < 1.29 is 0 Å². The fourth-order valence-electron chi connectivity index (χ4n) is 5.31. The molecule has 4 heterocycles.